The molecule has 188 valence electrons. The standard InChI is InChI=1S/C26H29FN6O3/c1-16-29-21(36-32-16)13-14-28-25(35)23(26(2,3)4)30-24(34)22-19-7-5-6-8-20(19)33(31-22)15-17-9-11-18(27)12-10-17/h5-12,23H,13-15H2,1-4H3,(H,28,35)(H,30,34). The van der Waals surface area contributed by atoms with Crippen LogP contribution in [-0.2, 0) is 17.8 Å². The van der Waals surface area contributed by atoms with Crippen LogP contribution in [0.15, 0.2) is 53.1 Å². The number of nitrogens with zero attached hydrogens (tertiary/aromatic N) is 4. The normalized spacial score (nSPS) is 12.5. The molecule has 0 aliphatic heterocycles. The molecular formula is C26H29FN6O3. The minimum Gasteiger partial charge on any atom is -0.354 e. The Balaban J connectivity index is 1.52. The number of hydrogen-bond donors (Lipinski definition) is 2. The molecule has 0 aliphatic rings. The van der Waals surface area contributed by atoms with Gasteiger partial charge in [-0.25, -0.2) is 4.39 Å². The van der Waals surface area contributed by atoms with Gasteiger partial charge in [0.15, 0.2) is 11.5 Å². The molecular weight excluding hydrogens is 463 g/mol. The number of benzene rings is 2. The van der Waals surface area contributed by atoms with E-state index >= 15 is 0 Å². The van der Waals surface area contributed by atoms with Crippen molar-refractivity contribution in [2.24, 2.45) is 5.41 Å². The van der Waals surface area contributed by atoms with Crippen molar-refractivity contribution in [3.63, 3.8) is 0 Å². The maximum atomic E-state index is 13.4. The summed E-state index contributed by atoms with van der Waals surface area (Å²) in [7, 11) is 0. The van der Waals surface area contributed by atoms with Gasteiger partial charge in [-0.3, -0.25) is 14.3 Å². The molecule has 4 aromatic rings. The Morgan fingerprint density at radius 2 is 1.83 bits per heavy atom. The lowest BCUT2D eigenvalue weighted by Gasteiger charge is -2.30. The maximum absolute atomic E-state index is 13.4. The summed E-state index contributed by atoms with van der Waals surface area (Å²) < 4.78 is 20.1. The monoisotopic (exact) mass is 492 g/mol. The van der Waals surface area contributed by atoms with Gasteiger partial charge in [-0.15, -0.1) is 0 Å². The topological polar surface area (TPSA) is 115 Å². The van der Waals surface area contributed by atoms with Gasteiger partial charge in [-0.05, 0) is 36.1 Å². The summed E-state index contributed by atoms with van der Waals surface area (Å²) in [4.78, 5) is 30.5. The minimum absolute atomic E-state index is 0.219. The van der Waals surface area contributed by atoms with Gasteiger partial charge in [0.1, 0.15) is 11.9 Å². The van der Waals surface area contributed by atoms with Gasteiger partial charge in [0.05, 0.1) is 12.1 Å². The highest BCUT2D eigenvalue weighted by atomic mass is 19.1. The molecule has 0 saturated carbocycles. The van der Waals surface area contributed by atoms with Crippen LogP contribution in [-0.4, -0.2) is 44.3 Å². The largest absolute Gasteiger partial charge is 0.354 e. The fourth-order valence-corrected chi connectivity index (χ4v) is 3.89. The van der Waals surface area contributed by atoms with E-state index in [0.717, 1.165) is 11.1 Å². The first-order valence-electron chi connectivity index (χ1n) is 11.7. The number of amides is 2. The minimum atomic E-state index is -0.810. The number of carbonyl (C=O) groups excluding carboxylic acids is 2. The molecule has 2 amide bonds. The second-order valence-corrected chi connectivity index (χ2v) is 9.70. The molecule has 1 unspecified atom stereocenters. The molecule has 0 spiro atoms. The molecule has 2 heterocycles. The Morgan fingerprint density at radius 3 is 2.50 bits per heavy atom. The van der Waals surface area contributed by atoms with E-state index in [4.69, 9.17) is 4.52 Å². The number of aryl methyl sites for hydroxylation is 1. The van der Waals surface area contributed by atoms with Gasteiger partial charge < -0.3 is 15.2 Å². The molecule has 36 heavy (non-hydrogen) atoms. The third-order valence-corrected chi connectivity index (χ3v) is 5.73. The Bertz CT molecular complexity index is 1370. The van der Waals surface area contributed by atoms with E-state index in [9.17, 15) is 14.0 Å². The molecule has 10 heteroatoms. The third kappa shape index (κ3) is 5.76. The Hall–Kier alpha value is -4.08. The van der Waals surface area contributed by atoms with Gasteiger partial charge >= 0.3 is 0 Å². The Labute approximate surface area is 208 Å². The van der Waals surface area contributed by atoms with E-state index < -0.39 is 17.4 Å². The van der Waals surface area contributed by atoms with Gasteiger partial charge in [0.25, 0.3) is 5.91 Å². The van der Waals surface area contributed by atoms with E-state index in [0.29, 0.717) is 30.1 Å². The summed E-state index contributed by atoms with van der Waals surface area (Å²) in [6.45, 7) is 8.02. The molecule has 4 rings (SSSR count). The van der Waals surface area contributed by atoms with Crippen molar-refractivity contribution in [3.8, 4) is 0 Å². The van der Waals surface area contributed by atoms with Crippen molar-refractivity contribution in [1.82, 2.24) is 30.6 Å². The zero-order valence-corrected chi connectivity index (χ0v) is 20.7. The smallest absolute Gasteiger partial charge is 0.273 e. The fraction of sp³-hybridized carbons (Fsp3) is 0.346. The van der Waals surface area contributed by atoms with Crippen LogP contribution in [0.5, 0.6) is 0 Å². The molecule has 0 fully saturated rings. The van der Waals surface area contributed by atoms with Crippen LogP contribution in [0.4, 0.5) is 4.39 Å². The SMILES string of the molecule is Cc1noc(CCNC(=O)C(NC(=O)c2nn(Cc3ccc(F)cc3)c3ccccc23)C(C)(C)C)n1. The van der Waals surface area contributed by atoms with Crippen LogP contribution in [0.3, 0.4) is 0 Å². The van der Waals surface area contributed by atoms with Gasteiger partial charge in [0, 0.05) is 18.4 Å². The van der Waals surface area contributed by atoms with Crippen molar-refractivity contribution >= 4 is 22.7 Å². The summed E-state index contributed by atoms with van der Waals surface area (Å²) in [5, 5.41) is 14.7. The lowest BCUT2D eigenvalue weighted by atomic mass is 9.86. The molecule has 0 aliphatic carbocycles. The quantitative estimate of drug-likeness (QED) is 0.390. The lowest BCUT2D eigenvalue weighted by molar-refractivity contribution is -0.125. The van der Waals surface area contributed by atoms with Crippen LogP contribution in [0.1, 0.15) is 48.5 Å². The Kier molecular flexibility index (Phi) is 7.14. The predicted octanol–water partition coefficient (Wildman–Crippen LogP) is 3.42. The second-order valence-electron chi connectivity index (χ2n) is 9.70. The highest BCUT2D eigenvalue weighted by Crippen LogP contribution is 2.23. The molecule has 2 aromatic heterocycles. The van der Waals surface area contributed by atoms with Gasteiger partial charge in [0.2, 0.25) is 11.8 Å². The van der Waals surface area contributed by atoms with E-state index in [1.165, 1.54) is 12.1 Å². The molecule has 2 aromatic carbocycles. The number of nitrogens with one attached hydrogen (secondary N) is 2. The predicted molar refractivity (Wildman–Crippen MR) is 132 cm³/mol. The lowest BCUT2D eigenvalue weighted by Crippen LogP contribution is -2.54. The van der Waals surface area contributed by atoms with Crippen molar-refractivity contribution in [3.05, 3.63) is 77.3 Å². The van der Waals surface area contributed by atoms with Crippen molar-refractivity contribution < 1.29 is 18.5 Å². The Morgan fingerprint density at radius 1 is 1.11 bits per heavy atom. The van der Waals surface area contributed by atoms with E-state index in [1.807, 2.05) is 45.0 Å². The first kappa shape index (κ1) is 25.0. The fourth-order valence-electron chi connectivity index (χ4n) is 3.89. The van der Waals surface area contributed by atoms with Crippen molar-refractivity contribution in [1.29, 1.82) is 0 Å². The van der Waals surface area contributed by atoms with Crippen LogP contribution < -0.4 is 10.6 Å². The molecule has 9 nitrogen and oxygen atoms in total. The zero-order valence-electron chi connectivity index (χ0n) is 20.7. The highest BCUT2D eigenvalue weighted by Gasteiger charge is 2.34. The number of para-hydroxylation sites is 1. The van der Waals surface area contributed by atoms with Crippen molar-refractivity contribution in [2.45, 2.75) is 46.7 Å². The number of aromatic nitrogens is 4. The van der Waals surface area contributed by atoms with Crippen LogP contribution in [0.2, 0.25) is 0 Å². The molecule has 0 bridgehead atoms. The molecule has 2 N–H and O–H groups in total. The van der Waals surface area contributed by atoms with Crippen LogP contribution >= 0.6 is 0 Å². The highest BCUT2D eigenvalue weighted by molar-refractivity contribution is 6.06. The number of fused-ring (bicyclic) bond motifs is 1. The third-order valence-electron chi connectivity index (χ3n) is 5.73. The average molecular weight is 493 g/mol. The first-order valence-corrected chi connectivity index (χ1v) is 11.7. The molecule has 1 atom stereocenters. The summed E-state index contributed by atoms with van der Waals surface area (Å²) in [5.41, 5.74) is 1.27. The zero-order chi connectivity index (χ0) is 25.9. The molecule has 0 saturated heterocycles. The van der Waals surface area contributed by atoms with Gasteiger partial charge in [-0.2, -0.15) is 10.1 Å². The number of rotatable bonds is 8. The van der Waals surface area contributed by atoms with Crippen LogP contribution in [0, 0.1) is 18.2 Å². The maximum Gasteiger partial charge on any atom is 0.273 e. The van der Waals surface area contributed by atoms with E-state index in [-0.39, 0.29) is 24.0 Å². The number of carbonyl (C=O) groups is 2. The van der Waals surface area contributed by atoms with E-state index in [1.54, 1.807) is 23.7 Å². The van der Waals surface area contributed by atoms with Crippen molar-refractivity contribution in [2.75, 3.05) is 6.54 Å². The average Bonchev–Trinajstić information content (AvgIpc) is 3.41. The summed E-state index contributed by atoms with van der Waals surface area (Å²) in [6, 6.07) is 12.7. The summed E-state index contributed by atoms with van der Waals surface area (Å²) in [6.07, 6.45) is 0.385. The van der Waals surface area contributed by atoms with Crippen LogP contribution in [0.25, 0.3) is 10.9 Å². The first-order chi connectivity index (χ1) is 17.1. The summed E-state index contributed by atoms with van der Waals surface area (Å²) in [5.74, 6) is -0.124. The number of halogens is 1. The van der Waals surface area contributed by atoms with Gasteiger partial charge in [-0.1, -0.05) is 56.3 Å². The van der Waals surface area contributed by atoms with E-state index in [2.05, 4.69) is 25.9 Å². The second kappa shape index (κ2) is 10.3. The summed E-state index contributed by atoms with van der Waals surface area (Å²) >= 11 is 0. The molecule has 0 radical (unpaired) electrons. The number of hydrogen-bond acceptors (Lipinski definition) is 6.